The van der Waals surface area contributed by atoms with Crippen LogP contribution in [0.3, 0.4) is 0 Å². The van der Waals surface area contributed by atoms with E-state index in [1.165, 1.54) is 6.20 Å². The van der Waals surface area contributed by atoms with Crippen molar-refractivity contribution < 1.29 is 14.7 Å². The summed E-state index contributed by atoms with van der Waals surface area (Å²) in [6.45, 7) is 4.15. The van der Waals surface area contributed by atoms with Gasteiger partial charge in [-0.2, -0.15) is 0 Å². The van der Waals surface area contributed by atoms with E-state index in [2.05, 4.69) is 26.7 Å². The molecule has 3 aromatic rings. The number of aliphatic hydroxyl groups is 1. The van der Waals surface area contributed by atoms with E-state index < -0.39 is 0 Å². The first-order valence-electron chi connectivity index (χ1n) is 12.0. The molecule has 186 valence electrons. The number of fused-ring (bicyclic) bond motifs is 1. The normalized spacial score (nSPS) is 16.4. The van der Waals surface area contributed by atoms with Crippen LogP contribution in [-0.2, 0) is 16.9 Å². The molecule has 36 heavy (non-hydrogen) atoms. The summed E-state index contributed by atoms with van der Waals surface area (Å²) in [5.41, 5.74) is 4.50. The quantitative estimate of drug-likeness (QED) is 0.431. The number of halogens is 1. The lowest BCUT2D eigenvalue weighted by atomic mass is 10.0. The second kappa shape index (κ2) is 9.52. The van der Waals surface area contributed by atoms with Crippen LogP contribution in [0.25, 0.3) is 11.3 Å². The summed E-state index contributed by atoms with van der Waals surface area (Å²) < 4.78 is 0. The van der Waals surface area contributed by atoms with Crippen LogP contribution in [0.2, 0.25) is 5.02 Å². The zero-order chi connectivity index (χ0) is 25.4. The van der Waals surface area contributed by atoms with Crippen molar-refractivity contribution in [2.75, 3.05) is 18.5 Å². The molecule has 1 atom stereocenters. The summed E-state index contributed by atoms with van der Waals surface area (Å²) in [6, 6.07) is 13.5. The molecule has 0 saturated heterocycles. The fourth-order valence-corrected chi connectivity index (χ4v) is 4.77. The predicted molar refractivity (Wildman–Crippen MR) is 138 cm³/mol. The SMILES string of the molecule is Cc1cccc(C2(NC(=O)CN3Cc4ccc(-c5nc(N[C@@H](C)CO)ncc5Cl)cc4C3=O)CC2)c1. The van der Waals surface area contributed by atoms with E-state index in [4.69, 9.17) is 11.6 Å². The first-order valence-corrected chi connectivity index (χ1v) is 12.4. The number of hydrogen-bond donors (Lipinski definition) is 3. The van der Waals surface area contributed by atoms with Crippen molar-refractivity contribution in [1.29, 1.82) is 0 Å². The van der Waals surface area contributed by atoms with Crippen molar-refractivity contribution in [2.24, 2.45) is 0 Å². The third-order valence-electron chi connectivity index (χ3n) is 6.69. The van der Waals surface area contributed by atoms with Gasteiger partial charge in [-0.3, -0.25) is 9.59 Å². The molecular weight excluding hydrogens is 478 g/mol. The number of amides is 2. The summed E-state index contributed by atoms with van der Waals surface area (Å²) in [4.78, 5) is 36.3. The van der Waals surface area contributed by atoms with Crippen molar-refractivity contribution >= 4 is 29.4 Å². The lowest BCUT2D eigenvalue weighted by molar-refractivity contribution is -0.122. The Hall–Kier alpha value is -3.49. The lowest BCUT2D eigenvalue weighted by Gasteiger charge is -2.21. The standard InChI is InChI=1S/C27H28ClN5O3/c1-16-4-3-5-20(10-16)27(8-9-27)32-23(35)14-33-13-19-7-6-18(11-21(19)25(33)36)24-22(28)12-29-26(31-24)30-17(2)15-34/h3-7,10-12,17,34H,8-9,13-15H2,1-2H3,(H,32,35)(H,29,30,31)/t17-/m0/s1. The summed E-state index contributed by atoms with van der Waals surface area (Å²) in [6.07, 6.45) is 3.28. The number of anilines is 1. The van der Waals surface area contributed by atoms with E-state index >= 15 is 0 Å². The van der Waals surface area contributed by atoms with E-state index in [0.717, 1.165) is 29.5 Å². The predicted octanol–water partition coefficient (Wildman–Crippen LogP) is 3.66. The van der Waals surface area contributed by atoms with Gasteiger partial charge in [-0.05, 0) is 43.9 Å². The molecule has 0 spiro atoms. The second-order valence-corrected chi connectivity index (χ2v) is 10.1. The van der Waals surface area contributed by atoms with Gasteiger partial charge in [-0.1, -0.05) is 53.6 Å². The smallest absolute Gasteiger partial charge is 0.254 e. The van der Waals surface area contributed by atoms with Crippen molar-refractivity contribution in [1.82, 2.24) is 20.2 Å². The van der Waals surface area contributed by atoms with Crippen molar-refractivity contribution in [2.45, 2.75) is 44.8 Å². The summed E-state index contributed by atoms with van der Waals surface area (Å²) in [5, 5.41) is 15.8. The Kier molecular flexibility index (Phi) is 6.40. The van der Waals surface area contributed by atoms with Crippen LogP contribution in [0.1, 0.15) is 46.8 Å². The Labute approximate surface area is 214 Å². The number of nitrogens with one attached hydrogen (secondary N) is 2. The molecule has 2 aromatic carbocycles. The first-order chi connectivity index (χ1) is 17.3. The molecule has 3 N–H and O–H groups in total. The van der Waals surface area contributed by atoms with Crippen LogP contribution < -0.4 is 10.6 Å². The minimum atomic E-state index is -0.324. The zero-order valence-electron chi connectivity index (χ0n) is 20.2. The lowest BCUT2D eigenvalue weighted by Crippen LogP contribution is -2.42. The van der Waals surface area contributed by atoms with E-state index in [1.807, 2.05) is 44.2 Å². The zero-order valence-corrected chi connectivity index (χ0v) is 21.0. The maximum absolute atomic E-state index is 13.2. The summed E-state index contributed by atoms with van der Waals surface area (Å²) in [5.74, 6) is -0.0218. The molecule has 2 aliphatic rings. The topological polar surface area (TPSA) is 107 Å². The fraction of sp³-hybridized carbons (Fsp3) is 0.333. The first kappa shape index (κ1) is 24.2. The molecule has 1 aliphatic carbocycles. The van der Waals surface area contributed by atoms with Crippen LogP contribution in [-0.4, -0.2) is 51.0 Å². The number of aliphatic hydroxyl groups excluding tert-OH is 1. The molecule has 1 saturated carbocycles. The maximum atomic E-state index is 13.2. The van der Waals surface area contributed by atoms with Gasteiger partial charge >= 0.3 is 0 Å². The molecule has 2 amide bonds. The number of aromatic nitrogens is 2. The monoisotopic (exact) mass is 505 g/mol. The average Bonchev–Trinajstić information content (AvgIpc) is 3.58. The third-order valence-corrected chi connectivity index (χ3v) is 6.97. The Balaban J connectivity index is 1.30. The molecule has 1 fully saturated rings. The van der Waals surface area contributed by atoms with E-state index in [0.29, 0.717) is 34.3 Å². The maximum Gasteiger partial charge on any atom is 0.254 e. The third kappa shape index (κ3) is 4.79. The van der Waals surface area contributed by atoms with Gasteiger partial charge in [0.1, 0.15) is 6.54 Å². The molecule has 9 heteroatoms. The van der Waals surface area contributed by atoms with Crippen LogP contribution in [0.5, 0.6) is 0 Å². The molecule has 0 bridgehead atoms. The molecule has 8 nitrogen and oxygen atoms in total. The van der Waals surface area contributed by atoms with Gasteiger partial charge in [0.25, 0.3) is 5.91 Å². The molecule has 1 aliphatic heterocycles. The van der Waals surface area contributed by atoms with Crippen LogP contribution in [0.4, 0.5) is 5.95 Å². The van der Waals surface area contributed by atoms with E-state index in [1.54, 1.807) is 11.0 Å². The highest BCUT2D eigenvalue weighted by Crippen LogP contribution is 2.45. The Morgan fingerprint density at radius 3 is 2.78 bits per heavy atom. The highest BCUT2D eigenvalue weighted by atomic mass is 35.5. The van der Waals surface area contributed by atoms with Crippen LogP contribution in [0, 0.1) is 6.92 Å². The largest absolute Gasteiger partial charge is 0.394 e. The van der Waals surface area contributed by atoms with Crippen molar-refractivity contribution in [3.8, 4) is 11.3 Å². The van der Waals surface area contributed by atoms with Gasteiger partial charge < -0.3 is 20.6 Å². The number of nitrogens with zero attached hydrogens (tertiary/aromatic N) is 3. The van der Waals surface area contributed by atoms with E-state index in [-0.39, 0.29) is 36.5 Å². The van der Waals surface area contributed by atoms with Crippen molar-refractivity contribution in [3.05, 3.63) is 75.9 Å². The van der Waals surface area contributed by atoms with Crippen LogP contribution in [0.15, 0.2) is 48.7 Å². The van der Waals surface area contributed by atoms with Gasteiger partial charge in [0.2, 0.25) is 11.9 Å². The highest BCUT2D eigenvalue weighted by Gasteiger charge is 2.46. The van der Waals surface area contributed by atoms with Crippen molar-refractivity contribution in [3.63, 3.8) is 0 Å². The molecule has 2 heterocycles. The van der Waals surface area contributed by atoms with E-state index in [9.17, 15) is 14.7 Å². The molecule has 0 unspecified atom stereocenters. The number of hydrogen-bond acceptors (Lipinski definition) is 6. The molecular formula is C27H28ClN5O3. The average molecular weight is 506 g/mol. The molecule has 0 radical (unpaired) electrons. The van der Waals surface area contributed by atoms with Gasteiger partial charge in [0.05, 0.1) is 29.1 Å². The molecule has 5 rings (SSSR count). The highest BCUT2D eigenvalue weighted by molar-refractivity contribution is 6.33. The summed E-state index contributed by atoms with van der Waals surface area (Å²) in [7, 11) is 0. The Morgan fingerprint density at radius 2 is 2.06 bits per heavy atom. The Bertz CT molecular complexity index is 1340. The number of carbonyl (C=O) groups excluding carboxylic acids is 2. The minimum absolute atomic E-state index is 0.00219. The molecule has 1 aromatic heterocycles. The number of rotatable bonds is 8. The minimum Gasteiger partial charge on any atom is -0.394 e. The number of benzene rings is 2. The summed E-state index contributed by atoms with van der Waals surface area (Å²) >= 11 is 6.36. The van der Waals surface area contributed by atoms with Gasteiger partial charge in [-0.25, -0.2) is 9.97 Å². The van der Waals surface area contributed by atoms with Crippen LogP contribution >= 0.6 is 11.6 Å². The number of aryl methyl sites for hydroxylation is 1. The fourth-order valence-electron chi connectivity index (χ4n) is 4.57. The Morgan fingerprint density at radius 1 is 1.25 bits per heavy atom. The van der Waals surface area contributed by atoms with Gasteiger partial charge in [-0.15, -0.1) is 0 Å². The number of carbonyl (C=O) groups is 2. The van der Waals surface area contributed by atoms with Gasteiger partial charge in [0, 0.05) is 23.7 Å². The second-order valence-electron chi connectivity index (χ2n) is 9.65. The van der Waals surface area contributed by atoms with Gasteiger partial charge in [0.15, 0.2) is 0 Å².